The van der Waals surface area contributed by atoms with E-state index in [0.717, 1.165) is 5.75 Å². The average Bonchev–Trinajstić information content (AvgIpc) is 2.41. The zero-order chi connectivity index (χ0) is 13.2. The number of hydrogen-bond donors (Lipinski definition) is 0. The van der Waals surface area contributed by atoms with E-state index in [1.165, 1.54) is 6.92 Å². The van der Waals surface area contributed by atoms with E-state index in [1.807, 2.05) is 48.5 Å². The first kappa shape index (κ1) is 13.8. The highest BCUT2D eigenvalue weighted by molar-refractivity contribution is 5.69. The lowest BCUT2D eigenvalue weighted by atomic mass is 10.3. The zero-order valence-electron chi connectivity index (χ0n) is 10.5. The first-order valence-electron chi connectivity index (χ1n) is 5.55. The minimum Gasteiger partial charge on any atom is -0.497 e. The van der Waals surface area contributed by atoms with Crippen LogP contribution in [0.2, 0.25) is 0 Å². The third-order valence-corrected chi connectivity index (χ3v) is 1.98. The molecule has 0 fully saturated rings. The number of esters is 1. The second-order valence-electron chi connectivity index (χ2n) is 3.42. The standard InChI is InChI=1S/C8H8O2.C7H8O/c1-7(9)10-8-5-3-2-4-6-8;1-8-7-5-3-2-4-6-7/h2-6H,1H3;2-6H,1H3. The van der Waals surface area contributed by atoms with Crippen molar-refractivity contribution in [2.45, 2.75) is 6.92 Å². The summed E-state index contributed by atoms with van der Waals surface area (Å²) < 4.78 is 9.69. The molecule has 0 radical (unpaired) electrons. The molecule has 0 bridgehead atoms. The summed E-state index contributed by atoms with van der Waals surface area (Å²) in [5, 5.41) is 0. The van der Waals surface area contributed by atoms with Gasteiger partial charge in [-0.05, 0) is 24.3 Å². The molecule has 0 atom stereocenters. The lowest BCUT2D eigenvalue weighted by Crippen LogP contribution is -2.00. The monoisotopic (exact) mass is 244 g/mol. The minimum atomic E-state index is -0.286. The van der Waals surface area contributed by atoms with E-state index < -0.39 is 0 Å². The molecule has 2 aromatic carbocycles. The molecule has 3 nitrogen and oxygen atoms in total. The lowest BCUT2D eigenvalue weighted by Gasteiger charge is -1.97. The molecule has 0 N–H and O–H groups in total. The van der Waals surface area contributed by atoms with Crippen molar-refractivity contribution in [3.8, 4) is 11.5 Å². The number of methoxy groups -OCH3 is 1. The van der Waals surface area contributed by atoms with Gasteiger partial charge in [-0.3, -0.25) is 4.79 Å². The van der Waals surface area contributed by atoms with Crippen LogP contribution >= 0.6 is 0 Å². The van der Waals surface area contributed by atoms with Crippen LogP contribution in [0.3, 0.4) is 0 Å². The van der Waals surface area contributed by atoms with E-state index in [2.05, 4.69) is 0 Å². The fraction of sp³-hybridized carbons (Fsp3) is 0.133. The summed E-state index contributed by atoms with van der Waals surface area (Å²) >= 11 is 0. The topological polar surface area (TPSA) is 35.5 Å². The first-order chi connectivity index (χ1) is 8.72. The van der Waals surface area contributed by atoms with Gasteiger partial charge in [-0.1, -0.05) is 36.4 Å². The molecule has 0 heterocycles. The van der Waals surface area contributed by atoms with Crippen molar-refractivity contribution >= 4 is 5.97 Å². The van der Waals surface area contributed by atoms with Crippen molar-refractivity contribution in [2.75, 3.05) is 7.11 Å². The Balaban J connectivity index is 0.000000184. The van der Waals surface area contributed by atoms with Crippen LogP contribution in [0.4, 0.5) is 0 Å². The smallest absolute Gasteiger partial charge is 0.308 e. The van der Waals surface area contributed by atoms with E-state index in [0.29, 0.717) is 5.75 Å². The Kier molecular flexibility index (Phi) is 6.04. The summed E-state index contributed by atoms with van der Waals surface area (Å²) in [5.41, 5.74) is 0. The number of hydrogen-bond acceptors (Lipinski definition) is 3. The number of rotatable bonds is 2. The molecule has 3 heteroatoms. The van der Waals surface area contributed by atoms with E-state index in [4.69, 9.17) is 9.47 Å². The Bertz CT molecular complexity index is 452. The second-order valence-corrected chi connectivity index (χ2v) is 3.42. The maximum atomic E-state index is 10.4. The highest BCUT2D eigenvalue weighted by Crippen LogP contribution is 2.07. The predicted molar refractivity (Wildman–Crippen MR) is 70.7 cm³/mol. The summed E-state index contributed by atoms with van der Waals surface area (Å²) in [7, 11) is 1.66. The van der Waals surface area contributed by atoms with Crippen LogP contribution in [-0.2, 0) is 4.79 Å². The van der Waals surface area contributed by atoms with Gasteiger partial charge in [0.15, 0.2) is 0 Å². The highest BCUT2D eigenvalue weighted by atomic mass is 16.5. The molecule has 2 aromatic rings. The van der Waals surface area contributed by atoms with Crippen LogP contribution in [0, 0.1) is 0 Å². The normalized spacial score (nSPS) is 8.78. The Morgan fingerprint density at radius 3 is 1.61 bits per heavy atom. The third-order valence-electron chi connectivity index (χ3n) is 1.98. The second kappa shape index (κ2) is 7.90. The van der Waals surface area contributed by atoms with Crippen LogP contribution < -0.4 is 9.47 Å². The van der Waals surface area contributed by atoms with Crippen molar-refractivity contribution in [2.24, 2.45) is 0 Å². The molecular formula is C15H16O3. The van der Waals surface area contributed by atoms with Gasteiger partial charge < -0.3 is 9.47 Å². The van der Waals surface area contributed by atoms with Gasteiger partial charge in [0.25, 0.3) is 0 Å². The molecule has 2 rings (SSSR count). The molecular weight excluding hydrogens is 228 g/mol. The summed E-state index contributed by atoms with van der Waals surface area (Å²) in [4.78, 5) is 10.4. The molecule has 0 aromatic heterocycles. The van der Waals surface area contributed by atoms with Crippen LogP contribution in [0.15, 0.2) is 60.7 Å². The van der Waals surface area contributed by atoms with Gasteiger partial charge in [0.05, 0.1) is 7.11 Å². The highest BCUT2D eigenvalue weighted by Gasteiger charge is 1.92. The Hall–Kier alpha value is -2.29. The third kappa shape index (κ3) is 5.70. The van der Waals surface area contributed by atoms with Gasteiger partial charge in [0, 0.05) is 6.92 Å². The van der Waals surface area contributed by atoms with Gasteiger partial charge in [0.2, 0.25) is 0 Å². The molecule has 0 spiro atoms. The van der Waals surface area contributed by atoms with Gasteiger partial charge in [-0.2, -0.15) is 0 Å². The molecule has 94 valence electrons. The van der Waals surface area contributed by atoms with Crippen molar-refractivity contribution in [3.05, 3.63) is 60.7 Å². The number of ether oxygens (including phenoxy) is 2. The van der Waals surface area contributed by atoms with Crippen molar-refractivity contribution in [3.63, 3.8) is 0 Å². The molecule has 0 saturated carbocycles. The largest absolute Gasteiger partial charge is 0.497 e. The molecule has 0 aliphatic rings. The van der Waals surface area contributed by atoms with Crippen molar-refractivity contribution < 1.29 is 14.3 Å². The van der Waals surface area contributed by atoms with E-state index in [1.54, 1.807) is 19.2 Å². The number of para-hydroxylation sites is 2. The van der Waals surface area contributed by atoms with Gasteiger partial charge in [0.1, 0.15) is 11.5 Å². The van der Waals surface area contributed by atoms with E-state index in [9.17, 15) is 4.79 Å². The summed E-state index contributed by atoms with van der Waals surface area (Å²) in [6.07, 6.45) is 0. The van der Waals surface area contributed by atoms with Crippen molar-refractivity contribution in [1.82, 2.24) is 0 Å². The number of carbonyl (C=O) groups is 1. The summed E-state index contributed by atoms with van der Waals surface area (Å²) in [5.74, 6) is 1.22. The molecule has 0 unspecified atom stereocenters. The van der Waals surface area contributed by atoms with Crippen LogP contribution in [0.1, 0.15) is 6.92 Å². The summed E-state index contributed by atoms with van der Waals surface area (Å²) in [6.45, 7) is 1.38. The van der Waals surface area contributed by atoms with E-state index in [-0.39, 0.29) is 5.97 Å². The SMILES string of the molecule is CC(=O)Oc1ccccc1.COc1ccccc1. The van der Waals surface area contributed by atoms with Gasteiger partial charge >= 0.3 is 5.97 Å². The summed E-state index contributed by atoms with van der Waals surface area (Å²) in [6, 6.07) is 18.7. The first-order valence-corrected chi connectivity index (χ1v) is 5.55. The number of benzene rings is 2. The van der Waals surface area contributed by atoms with Crippen LogP contribution in [0.5, 0.6) is 11.5 Å². The maximum Gasteiger partial charge on any atom is 0.308 e. The van der Waals surface area contributed by atoms with Gasteiger partial charge in [-0.25, -0.2) is 0 Å². The van der Waals surface area contributed by atoms with Crippen LogP contribution in [0.25, 0.3) is 0 Å². The Labute approximate surface area is 107 Å². The lowest BCUT2D eigenvalue weighted by molar-refractivity contribution is -0.131. The predicted octanol–water partition coefficient (Wildman–Crippen LogP) is 3.31. The molecule has 0 aliphatic heterocycles. The molecule has 18 heavy (non-hydrogen) atoms. The molecule has 0 aliphatic carbocycles. The van der Waals surface area contributed by atoms with Gasteiger partial charge in [-0.15, -0.1) is 0 Å². The van der Waals surface area contributed by atoms with Crippen molar-refractivity contribution in [1.29, 1.82) is 0 Å². The quantitative estimate of drug-likeness (QED) is 0.600. The minimum absolute atomic E-state index is 0.286. The molecule has 0 saturated heterocycles. The fourth-order valence-corrected chi connectivity index (χ4v) is 1.21. The fourth-order valence-electron chi connectivity index (χ4n) is 1.21. The maximum absolute atomic E-state index is 10.4. The zero-order valence-corrected chi connectivity index (χ0v) is 10.5. The van der Waals surface area contributed by atoms with Crippen LogP contribution in [-0.4, -0.2) is 13.1 Å². The number of carbonyl (C=O) groups excluding carboxylic acids is 1. The van der Waals surface area contributed by atoms with E-state index >= 15 is 0 Å². The average molecular weight is 244 g/mol. The Morgan fingerprint density at radius 2 is 1.28 bits per heavy atom. The molecule has 0 amide bonds. The Morgan fingerprint density at radius 1 is 0.833 bits per heavy atom.